The van der Waals surface area contributed by atoms with E-state index in [4.69, 9.17) is 43.9 Å². The lowest BCUT2D eigenvalue weighted by molar-refractivity contribution is -0.373. The highest BCUT2D eigenvalue weighted by Gasteiger charge is 2.84. The van der Waals surface area contributed by atoms with Gasteiger partial charge in [0.1, 0.15) is 59.0 Å². The highest BCUT2D eigenvalue weighted by molar-refractivity contribution is 6.05. The smallest absolute Gasteiger partial charge is 0.246 e. The van der Waals surface area contributed by atoms with Gasteiger partial charge in [0.15, 0.2) is 22.8 Å². The lowest BCUT2D eigenvalue weighted by Gasteiger charge is -2.62. The van der Waals surface area contributed by atoms with Crippen molar-refractivity contribution >= 4 is 29.3 Å². The van der Waals surface area contributed by atoms with Crippen molar-refractivity contribution in [2.24, 2.45) is 34.4 Å². The van der Waals surface area contributed by atoms with Gasteiger partial charge < -0.3 is 59.5 Å². The standard InChI is InChI=1S/C52H66N4O12/c1-25(2)12-11-17-50(10)18-16-29-40(66-50)28(14-13-26(3)4)42-35(41(29)64-47-39(59)38(58)43-32(63-47)24-62-49(8,9)65-43)37-36-34(31(23-53)45(54)56-37)30-22-33-48(6,7)68-51(44(30)60,52(33,36)67-42)19-15-27(5)46(61)55-20-21-57/h12-13,15-16,18,30-34,38-39,43,47,57-59H,11,14,17,19-22,24H2,1-10H3,(H2,54,56)(H,55,61)/t30?,31?,32-,33?,34?,38-,39-,43-,47+,50?,51?,52?/m0/s1. The van der Waals surface area contributed by atoms with E-state index in [2.05, 4.69) is 37.4 Å². The minimum absolute atomic E-state index is 0.0250. The molecule has 1 spiro atoms. The summed E-state index contributed by atoms with van der Waals surface area (Å²) in [6.45, 7) is 19.0. The van der Waals surface area contributed by atoms with Crippen molar-refractivity contribution in [2.45, 2.75) is 160 Å². The van der Waals surface area contributed by atoms with Gasteiger partial charge in [-0.05, 0) is 107 Å². The molecule has 16 nitrogen and oxygen atoms in total. The van der Waals surface area contributed by atoms with Gasteiger partial charge in [-0.3, -0.25) is 9.59 Å². The van der Waals surface area contributed by atoms with E-state index in [9.17, 15) is 25.4 Å². The number of hydrogen-bond donors (Lipinski definition) is 5. The minimum Gasteiger partial charge on any atom is -0.482 e. The van der Waals surface area contributed by atoms with Crippen LogP contribution in [0.3, 0.4) is 0 Å². The maximum Gasteiger partial charge on any atom is 0.246 e. The van der Waals surface area contributed by atoms with Crippen LogP contribution in [0.1, 0.15) is 112 Å². The minimum atomic E-state index is -1.71. The summed E-state index contributed by atoms with van der Waals surface area (Å²) in [5, 5.41) is 46.5. The molecule has 1 aromatic rings. The normalized spacial score (nSPS) is 36.4. The van der Waals surface area contributed by atoms with Crippen LogP contribution in [0.25, 0.3) is 11.8 Å². The Morgan fingerprint density at radius 2 is 1.78 bits per heavy atom. The van der Waals surface area contributed by atoms with Crippen LogP contribution >= 0.6 is 0 Å². The van der Waals surface area contributed by atoms with Gasteiger partial charge in [0.05, 0.1) is 41.7 Å². The Morgan fingerprint density at radius 3 is 2.47 bits per heavy atom. The third kappa shape index (κ3) is 7.38. The molecule has 6 fully saturated rings. The molecule has 6 aliphatic heterocycles. The summed E-state index contributed by atoms with van der Waals surface area (Å²) in [5.74, 6) is -3.71. The largest absolute Gasteiger partial charge is 0.482 e. The molecule has 16 heteroatoms. The van der Waals surface area contributed by atoms with E-state index in [1.165, 1.54) is 5.57 Å². The number of rotatable bonds is 12. The molecule has 0 aromatic heterocycles. The average molecular weight is 939 g/mol. The number of aliphatic hydroxyl groups excluding tert-OH is 3. The number of carbonyl (C=O) groups is 2. The van der Waals surface area contributed by atoms with Crippen molar-refractivity contribution in [3.63, 3.8) is 0 Å². The summed E-state index contributed by atoms with van der Waals surface area (Å²) in [6.07, 6.45) is 5.55. The molecule has 7 unspecified atom stereocenters. The average Bonchev–Trinajstić information content (AvgIpc) is 3.41. The Morgan fingerprint density at radius 1 is 1.04 bits per heavy atom. The number of nitrogens with zero attached hydrogens (tertiary/aromatic N) is 2. The number of allylic oxidation sites excluding steroid dienone is 4. The highest BCUT2D eigenvalue weighted by Crippen LogP contribution is 2.74. The molecule has 4 bridgehead atoms. The molecule has 3 saturated heterocycles. The number of carbonyl (C=O) groups excluding carboxylic acids is 2. The Labute approximate surface area is 397 Å². The van der Waals surface area contributed by atoms with Gasteiger partial charge >= 0.3 is 0 Å². The summed E-state index contributed by atoms with van der Waals surface area (Å²) in [4.78, 5) is 34.0. The van der Waals surface area contributed by atoms with Gasteiger partial charge in [0.2, 0.25) is 12.2 Å². The zero-order valence-corrected chi connectivity index (χ0v) is 40.7. The lowest BCUT2D eigenvalue weighted by Crippen LogP contribution is -2.75. The second-order valence-electron chi connectivity index (χ2n) is 21.4. The number of benzene rings is 1. The quantitative estimate of drug-likeness (QED) is 0.133. The van der Waals surface area contributed by atoms with Crippen LogP contribution in [0, 0.1) is 35.0 Å². The first kappa shape index (κ1) is 48.2. The molecule has 366 valence electrons. The zero-order chi connectivity index (χ0) is 49.0. The summed E-state index contributed by atoms with van der Waals surface area (Å²) in [5.41, 5.74) is 6.76. The van der Waals surface area contributed by atoms with Crippen LogP contribution in [-0.2, 0) is 35.0 Å². The van der Waals surface area contributed by atoms with Gasteiger partial charge in [-0.25, -0.2) is 4.99 Å². The van der Waals surface area contributed by atoms with E-state index in [0.717, 1.165) is 12.0 Å². The van der Waals surface area contributed by atoms with Crippen molar-refractivity contribution in [2.75, 3.05) is 19.8 Å². The van der Waals surface area contributed by atoms with E-state index >= 15 is 4.79 Å². The van der Waals surface area contributed by atoms with Gasteiger partial charge in [0, 0.05) is 47.4 Å². The fraction of sp³-hybridized carbons (Fsp3) is 0.615. The number of aliphatic hydroxyl groups is 3. The maximum absolute atomic E-state index is 15.6. The van der Waals surface area contributed by atoms with Crippen molar-refractivity contribution in [3.05, 3.63) is 63.3 Å². The molecule has 3 aliphatic carbocycles. The molecule has 68 heavy (non-hydrogen) atoms. The van der Waals surface area contributed by atoms with Crippen molar-refractivity contribution in [1.29, 1.82) is 5.26 Å². The molecule has 1 amide bonds. The number of nitrogens with one attached hydrogen (secondary N) is 1. The monoisotopic (exact) mass is 938 g/mol. The first-order valence-corrected chi connectivity index (χ1v) is 23.9. The molecule has 12 atom stereocenters. The van der Waals surface area contributed by atoms with Crippen LogP contribution in [0.2, 0.25) is 0 Å². The molecule has 6 N–H and O–H groups in total. The van der Waals surface area contributed by atoms with E-state index in [1.54, 1.807) is 26.8 Å². The highest BCUT2D eigenvalue weighted by atomic mass is 16.8. The van der Waals surface area contributed by atoms with E-state index in [-0.39, 0.29) is 43.5 Å². The van der Waals surface area contributed by atoms with Gasteiger partial charge in [-0.15, -0.1) is 0 Å². The van der Waals surface area contributed by atoms with E-state index in [1.807, 2.05) is 46.8 Å². The molecule has 0 radical (unpaired) electrons. The Kier molecular flexibility index (Phi) is 12.0. The summed E-state index contributed by atoms with van der Waals surface area (Å²) in [7, 11) is 0. The second kappa shape index (κ2) is 16.9. The summed E-state index contributed by atoms with van der Waals surface area (Å²) >= 11 is 0. The number of aliphatic imine (C=N–C) groups is 1. The number of hydrogen-bond acceptors (Lipinski definition) is 15. The number of ether oxygens (including phenoxy) is 7. The molecular weight excluding hydrogens is 873 g/mol. The number of ketones is 1. The number of fused-ring (bicyclic) bond motifs is 4. The topological polar surface area (TPSA) is 234 Å². The second-order valence-corrected chi connectivity index (χ2v) is 21.4. The van der Waals surface area contributed by atoms with Crippen LogP contribution < -0.4 is 25.3 Å². The molecule has 10 rings (SSSR count). The number of nitriles is 1. The van der Waals surface area contributed by atoms with Crippen LogP contribution in [-0.4, -0.2) is 112 Å². The van der Waals surface area contributed by atoms with Gasteiger partial charge in [-0.1, -0.05) is 29.4 Å². The number of amidine groups is 1. The fourth-order valence-electron chi connectivity index (χ4n) is 12.1. The molecule has 3 saturated carbocycles. The third-order valence-electron chi connectivity index (χ3n) is 15.2. The molecular formula is C52H66N4O12. The van der Waals surface area contributed by atoms with Crippen molar-refractivity contribution in [1.82, 2.24) is 5.32 Å². The third-order valence-corrected chi connectivity index (χ3v) is 15.2. The maximum atomic E-state index is 15.6. The molecule has 9 aliphatic rings. The zero-order valence-electron chi connectivity index (χ0n) is 40.7. The predicted molar refractivity (Wildman–Crippen MR) is 250 cm³/mol. The van der Waals surface area contributed by atoms with Crippen molar-refractivity contribution < 1.29 is 58.1 Å². The first-order valence-electron chi connectivity index (χ1n) is 23.9. The number of amides is 1. The Hall–Kier alpha value is -4.86. The molecule has 1 aromatic carbocycles. The first-order chi connectivity index (χ1) is 32.0. The fourth-order valence-corrected chi connectivity index (χ4v) is 12.1. The Balaban J connectivity index is 1.32. The SMILES string of the molecule is CC(C)=CCCC1(C)C=Cc2c(c(CC=C(C)C)c3c(c2O[C@H]2O[C@H]4COC(C)(C)O[C@@H]4[C@@H](O)[C@@H]2O)C2=C4C(C(C#N)C(N)=N2)C2CC5C(C)(C)OC(CC=C(C)C(=O)NCCO)(C2=O)C45O3)O1. The van der Waals surface area contributed by atoms with Crippen LogP contribution in [0.5, 0.6) is 17.2 Å². The van der Waals surface area contributed by atoms with Crippen molar-refractivity contribution in [3.8, 4) is 23.3 Å². The summed E-state index contributed by atoms with van der Waals surface area (Å²) < 4.78 is 47.6. The van der Waals surface area contributed by atoms with E-state index < -0.39 is 88.5 Å². The van der Waals surface area contributed by atoms with Crippen LogP contribution in [0.4, 0.5) is 0 Å². The van der Waals surface area contributed by atoms with Gasteiger partial charge in [0.25, 0.3) is 0 Å². The van der Waals surface area contributed by atoms with E-state index in [0.29, 0.717) is 64.3 Å². The number of nitrogens with two attached hydrogens (primary N) is 1. The number of Topliss-reactive ketones (excluding diaryl/α,β-unsaturated/α-hetero) is 1. The molecule has 6 heterocycles. The van der Waals surface area contributed by atoms with Crippen LogP contribution in [0.15, 0.2) is 51.6 Å². The Bertz CT molecular complexity index is 2540. The lowest BCUT2D eigenvalue weighted by atomic mass is 9.44. The predicted octanol–water partition coefficient (Wildman–Crippen LogP) is 5.26. The summed E-state index contributed by atoms with van der Waals surface area (Å²) in [6, 6.07) is 2.38. The van der Waals surface area contributed by atoms with Gasteiger partial charge in [-0.2, -0.15) is 5.26 Å².